The van der Waals surface area contributed by atoms with Crippen molar-refractivity contribution in [3.8, 4) is 0 Å². The molecule has 1 fully saturated rings. The molecule has 2 aromatic rings. The fourth-order valence-corrected chi connectivity index (χ4v) is 4.44. The van der Waals surface area contributed by atoms with Crippen LogP contribution < -0.4 is 15.5 Å². The van der Waals surface area contributed by atoms with Crippen molar-refractivity contribution in [2.24, 2.45) is 16.2 Å². The van der Waals surface area contributed by atoms with Gasteiger partial charge in [0.25, 0.3) is 6.43 Å². The van der Waals surface area contributed by atoms with Crippen molar-refractivity contribution < 1.29 is 8.78 Å². The Kier molecular flexibility index (Phi) is 6.32. The van der Waals surface area contributed by atoms with Crippen LogP contribution in [0.4, 0.5) is 20.2 Å². The summed E-state index contributed by atoms with van der Waals surface area (Å²) in [5.74, 6) is 0.411. The third-order valence-electron chi connectivity index (χ3n) is 5.40. The van der Waals surface area contributed by atoms with E-state index in [9.17, 15) is 8.78 Å². The van der Waals surface area contributed by atoms with Gasteiger partial charge in [-0.15, -0.1) is 0 Å². The van der Waals surface area contributed by atoms with Crippen LogP contribution >= 0.6 is 23.5 Å². The van der Waals surface area contributed by atoms with Crippen molar-refractivity contribution >= 4 is 40.6 Å². The van der Waals surface area contributed by atoms with Crippen molar-refractivity contribution in [1.82, 2.24) is 0 Å². The zero-order chi connectivity index (χ0) is 21.3. The minimum absolute atomic E-state index is 0.0195. The lowest BCUT2D eigenvalue weighted by molar-refractivity contribution is 0.223. The summed E-state index contributed by atoms with van der Waals surface area (Å²) in [7, 11) is 0. The largest absolute Gasteiger partial charge is 0.359 e. The number of benzene rings is 2. The Morgan fingerprint density at radius 2 is 2.07 bits per heavy atom. The molecule has 1 saturated carbocycles. The van der Waals surface area contributed by atoms with Gasteiger partial charge >= 0.3 is 0 Å². The van der Waals surface area contributed by atoms with Crippen LogP contribution in [0.15, 0.2) is 64.7 Å². The number of rotatable bonds is 8. The molecule has 4 rings (SSSR count). The molecule has 0 spiro atoms. The first-order chi connectivity index (χ1) is 14.5. The SMILES string of the molecule is C=C(Cc1ccccc1Cl)Nc1ccc(N2N=C(C(F)F)CC2C2CC2)c(SN)c1. The Hall–Kier alpha value is -2.09. The number of nitrogens with one attached hydrogen (secondary N) is 1. The van der Waals surface area contributed by atoms with Gasteiger partial charge in [0.15, 0.2) is 0 Å². The fraction of sp³-hybridized carbons (Fsp3) is 0.318. The minimum atomic E-state index is -2.53. The first kappa shape index (κ1) is 21.2. The van der Waals surface area contributed by atoms with Crippen LogP contribution in [0.3, 0.4) is 0 Å². The van der Waals surface area contributed by atoms with Crippen LogP contribution in [0, 0.1) is 5.92 Å². The first-order valence-electron chi connectivity index (χ1n) is 9.80. The summed E-state index contributed by atoms with van der Waals surface area (Å²) in [4.78, 5) is 0.774. The molecular formula is C22H23ClF2N4S. The van der Waals surface area contributed by atoms with Gasteiger partial charge in [-0.25, -0.2) is 8.78 Å². The molecule has 0 amide bonds. The molecule has 1 unspecified atom stereocenters. The molecule has 0 saturated heterocycles. The molecule has 0 aromatic heterocycles. The number of anilines is 2. The number of hydrazone groups is 1. The van der Waals surface area contributed by atoms with Gasteiger partial charge in [0.1, 0.15) is 5.71 Å². The highest BCUT2D eigenvalue weighted by Gasteiger charge is 2.42. The monoisotopic (exact) mass is 448 g/mol. The third-order valence-corrected chi connectivity index (χ3v) is 6.35. The highest BCUT2D eigenvalue weighted by atomic mass is 35.5. The smallest absolute Gasteiger partial charge is 0.278 e. The van der Waals surface area contributed by atoms with Crippen LogP contribution in [0.2, 0.25) is 5.02 Å². The minimum Gasteiger partial charge on any atom is -0.359 e. The maximum atomic E-state index is 13.3. The van der Waals surface area contributed by atoms with Crippen LogP contribution in [-0.2, 0) is 6.42 Å². The predicted octanol–water partition coefficient (Wildman–Crippen LogP) is 6.08. The van der Waals surface area contributed by atoms with Gasteiger partial charge in [-0.2, -0.15) is 5.10 Å². The average molecular weight is 449 g/mol. The summed E-state index contributed by atoms with van der Waals surface area (Å²) in [6, 6.07) is 13.3. The molecule has 4 nitrogen and oxygen atoms in total. The Balaban J connectivity index is 1.53. The molecule has 8 heteroatoms. The lowest BCUT2D eigenvalue weighted by atomic mass is 10.1. The van der Waals surface area contributed by atoms with Crippen LogP contribution in [0.1, 0.15) is 24.8 Å². The molecule has 2 aromatic carbocycles. The first-order valence-corrected chi connectivity index (χ1v) is 11.1. The highest BCUT2D eigenvalue weighted by Crippen LogP contribution is 2.44. The maximum absolute atomic E-state index is 13.3. The Labute approximate surface area is 184 Å². The number of hydrogen-bond acceptors (Lipinski definition) is 5. The average Bonchev–Trinajstić information content (AvgIpc) is 3.47. The van der Waals surface area contributed by atoms with E-state index in [1.807, 2.05) is 42.5 Å². The van der Waals surface area contributed by atoms with E-state index in [1.54, 1.807) is 5.01 Å². The summed E-state index contributed by atoms with van der Waals surface area (Å²) in [5, 5.41) is 15.9. The number of halogens is 3. The third kappa shape index (κ3) is 4.63. The summed E-state index contributed by atoms with van der Waals surface area (Å²) >= 11 is 7.32. The van der Waals surface area contributed by atoms with Gasteiger partial charge in [0, 0.05) is 34.1 Å². The van der Waals surface area contributed by atoms with E-state index in [0.717, 1.165) is 52.3 Å². The van der Waals surface area contributed by atoms with Gasteiger partial charge < -0.3 is 5.32 Å². The van der Waals surface area contributed by atoms with Gasteiger partial charge in [-0.3, -0.25) is 10.1 Å². The summed E-state index contributed by atoms with van der Waals surface area (Å²) < 4.78 is 26.5. The Morgan fingerprint density at radius 1 is 1.30 bits per heavy atom. The van der Waals surface area contributed by atoms with Gasteiger partial charge in [0.2, 0.25) is 0 Å². The van der Waals surface area contributed by atoms with E-state index in [2.05, 4.69) is 17.0 Å². The highest BCUT2D eigenvalue weighted by molar-refractivity contribution is 7.97. The molecular weight excluding hydrogens is 426 g/mol. The van der Waals surface area contributed by atoms with E-state index in [0.29, 0.717) is 23.8 Å². The number of nitrogens with two attached hydrogens (primary N) is 1. The van der Waals surface area contributed by atoms with Crippen LogP contribution in [0.5, 0.6) is 0 Å². The fourth-order valence-electron chi connectivity index (χ4n) is 3.76. The van der Waals surface area contributed by atoms with Crippen molar-refractivity contribution in [3.05, 3.63) is 65.3 Å². The number of allylic oxidation sites excluding steroid dienone is 1. The van der Waals surface area contributed by atoms with Gasteiger partial charge in [-0.1, -0.05) is 36.4 Å². The normalized spacial score (nSPS) is 18.6. The van der Waals surface area contributed by atoms with Gasteiger partial charge in [-0.05, 0) is 60.5 Å². The van der Waals surface area contributed by atoms with Crippen LogP contribution in [-0.4, -0.2) is 18.2 Å². The van der Waals surface area contributed by atoms with Gasteiger partial charge in [0.05, 0.1) is 11.7 Å². The van der Waals surface area contributed by atoms with Crippen molar-refractivity contribution in [2.75, 3.05) is 10.3 Å². The topological polar surface area (TPSA) is 53.6 Å². The standard InChI is InChI=1S/C22H23ClF2N4S/c1-13(10-15-4-2-3-5-17(15)23)27-16-8-9-19(21(11-16)30-26)29-20(14-6-7-14)12-18(28-29)22(24)25/h2-5,8-9,11,14,20,22,27H,1,6-7,10,12,26H2. The molecule has 0 bridgehead atoms. The van der Waals surface area contributed by atoms with E-state index >= 15 is 0 Å². The second-order valence-corrected chi connectivity index (χ2v) is 8.73. The Bertz CT molecular complexity index is 977. The van der Waals surface area contributed by atoms with E-state index in [-0.39, 0.29) is 11.8 Å². The lowest BCUT2D eigenvalue weighted by Gasteiger charge is -2.25. The van der Waals surface area contributed by atoms with E-state index < -0.39 is 6.43 Å². The lowest BCUT2D eigenvalue weighted by Crippen LogP contribution is -2.29. The van der Waals surface area contributed by atoms with Crippen molar-refractivity contribution in [2.45, 2.75) is 43.0 Å². The van der Waals surface area contributed by atoms with Crippen molar-refractivity contribution in [3.63, 3.8) is 0 Å². The van der Waals surface area contributed by atoms with E-state index in [4.69, 9.17) is 16.7 Å². The summed E-state index contributed by atoms with van der Waals surface area (Å²) in [5.41, 5.74) is 3.32. The Morgan fingerprint density at radius 3 is 2.73 bits per heavy atom. The maximum Gasteiger partial charge on any atom is 0.278 e. The molecule has 2 aliphatic rings. The van der Waals surface area contributed by atoms with Crippen molar-refractivity contribution in [1.29, 1.82) is 0 Å². The zero-order valence-electron chi connectivity index (χ0n) is 16.3. The summed E-state index contributed by atoms with van der Waals surface area (Å²) in [6.07, 6.45) is 0.481. The molecule has 1 atom stereocenters. The second-order valence-electron chi connectivity index (χ2n) is 7.64. The molecule has 30 heavy (non-hydrogen) atoms. The molecule has 1 aliphatic carbocycles. The molecule has 3 N–H and O–H groups in total. The summed E-state index contributed by atoms with van der Waals surface area (Å²) in [6.45, 7) is 4.09. The quantitative estimate of drug-likeness (QED) is 0.480. The number of alkyl halides is 2. The van der Waals surface area contributed by atoms with Crippen LogP contribution in [0.25, 0.3) is 0 Å². The predicted molar refractivity (Wildman–Crippen MR) is 121 cm³/mol. The number of hydrogen-bond donors (Lipinski definition) is 2. The zero-order valence-corrected chi connectivity index (χ0v) is 17.9. The number of nitrogens with zero attached hydrogens (tertiary/aromatic N) is 2. The molecule has 1 heterocycles. The van der Waals surface area contributed by atoms with E-state index in [1.165, 1.54) is 0 Å². The second kappa shape index (κ2) is 8.96. The molecule has 158 valence electrons. The molecule has 1 aliphatic heterocycles. The molecule has 0 radical (unpaired) electrons.